The zero-order valence-electron chi connectivity index (χ0n) is 12.0. The number of ether oxygens (including phenoxy) is 2. The Hall–Kier alpha value is -1.39. The Bertz CT molecular complexity index is 461. The van der Waals surface area contributed by atoms with Crippen LogP contribution in [-0.2, 0) is 15.9 Å². The van der Waals surface area contributed by atoms with Crippen molar-refractivity contribution in [3.05, 3.63) is 35.9 Å². The highest BCUT2D eigenvalue weighted by atomic mass is 16.5. The van der Waals surface area contributed by atoms with Crippen molar-refractivity contribution in [1.29, 1.82) is 0 Å². The van der Waals surface area contributed by atoms with E-state index in [9.17, 15) is 0 Å². The standard InChI is InChI=1S/C16H22N2O2/c1-19-11-14-8-5-9-18(14)17-15-12-20-16(15)10-13-6-3-2-4-7-13/h2-4,6-7,14,16H,5,8-12H2,1H3/b17-15+/t14-,16-/m0/s1. The summed E-state index contributed by atoms with van der Waals surface area (Å²) in [4.78, 5) is 0. The van der Waals surface area contributed by atoms with E-state index in [1.807, 2.05) is 6.07 Å². The Morgan fingerprint density at radius 3 is 2.90 bits per heavy atom. The van der Waals surface area contributed by atoms with Gasteiger partial charge in [0.05, 0.1) is 25.0 Å². The van der Waals surface area contributed by atoms with Gasteiger partial charge in [0.25, 0.3) is 0 Å². The van der Waals surface area contributed by atoms with Crippen LogP contribution in [-0.4, -0.2) is 49.7 Å². The van der Waals surface area contributed by atoms with Gasteiger partial charge in [0.1, 0.15) is 6.10 Å². The van der Waals surface area contributed by atoms with Crippen LogP contribution < -0.4 is 0 Å². The predicted octanol–water partition coefficient (Wildman–Crippen LogP) is 2.09. The summed E-state index contributed by atoms with van der Waals surface area (Å²) < 4.78 is 10.9. The fraction of sp³-hybridized carbons (Fsp3) is 0.562. The molecular weight excluding hydrogens is 252 g/mol. The summed E-state index contributed by atoms with van der Waals surface area (Å²) in [7, 11) is 1.76. The minimum absolute atomic E-state index is 0.154. The Balaban J connectivity index is 1.61. The molecule has 0 saturated carbocycles. The molecule has 2 saturated heterocycles. The molecule has 0 amide bonds. The third-order valence-electron chi connectivity index (χ3n) is 4.03. The number of hydrogen-bond donors (Lipinski definition) is 0. The SMILES string of the molecule is COC[C@@H]1CCCN1/N=C1\CO[C@H]1Cc1ccccc1. The van der Waals surface area contributed by atoms with Crippen molar-refractivity contribution in [2.45, 2.75) is 31.4 Å². The Labute approximate surface area is 120 Å². The van der Waals surface area contributed by atoms with Crippen LogP contribution in [0.25, 0.3) is 0 Å². The van der Waals surface area contributed by atoms with Crippen LogP contribution >= 0.6 is 0 Å². The highest BCUT2D eigenvalue weighted by Crippen LogP contribution is 2.21. The van der Waals surface area contributed by atoms with Crippen molar-refractivity contribution in [1.82, 2.24) is 5.01 Å². The number of benzene rings is 1. The van der Waals surface area contributed by atoms with E-state index in [0.717, 1.165) is 19.6 Å². The summed E-state index contributed by atoms with van der Waals surface area (Å²) in [5, 5.41) is 7.00. The molecular formula is C16H22N2O2. The molecule has 2 atom stereocenters. The van der Waals surface area contributed by atoms with Crippen LogP contribution in [0, 0.1) is 0 Å². The molecule has 3 rings (SSSR count). The lowest BCUT2D eigenvalue weighted by molar-refractivity contribution is 0.0643. The van der Waals surface area contributed by atoms with Crippen LogP contribution in [0.4, 0.5) is 0 Å². The number of hydrazone groups is 1. The minimum atomic E-state index is 0.154. The first-order valence-corrected chi connectivity index (χ1v) is 7.35. The van der Waals surface area contributed by atoms with Crippen LogP contribution in [0.5, 0.6) is 0 Å². The third-order valence-corrected chi connectivity index (χ3v) is 4.03. The van der Waals surface area contributed by atoms with E-state index in [1.165, 1.54) is 24.1 Å². The van der Waals surface area contributed by atoms with Gasteiger partial charge in [0.15, 0.2) is 0 Å². The van der Waals surface area contributed by atoms with Crippen LogP contribution in [0.2, 0.25) is 0 Å². The van der Waals surface area contributed by atoms with Gasteiger partial charge in [-0.25, -0.2) is 0 Å². The highest BCUT2D eigenvalue weighted by Gasteiger charge is 2.30. The van der Waals surface area contributed by atoms with E-state index in [4.69, 9.17) is 14.6 Å². The van der Waals surface area contributed by atoms with Crippen molar-refractivity contribution in [3.8, 4) is 0 Å². The van der Waals surface area contributed by atoms with Crippen molar-refractivity contribution >= 4 is 5.71 Å². The van der Waals surface area contributed by atoms with Gasteiger partial charge in [-0.1, -0.05) is 30.3 Å². The summed E-state index contributed by atoms with van der Waals surface area (Å²) in [6.07, 6.45) is 3.45. The van der Waals surface area contributed by atoms with E-state index < -0.39 is 0 Å². The molecule has 1 aromatic carbocycles. The van der Waals surface area contributed by atoms with Crippen molar-refractivity contribution in [3.63, 3.8) is 0 Å². The van der Waals surface area contributed by atoms with Crippen molar-refractivity contribution < 1.29 is 9.47 Å². The molecule has 0 bridgehead atoms. The lowest BCUT2D eigenvalue weighted by atomic mass is 10.0. The van der Waals surface area contributed by atoms with Gasteiger partial charge in [-0.2, -0.15) is 5.10 Å². The lowest BCUT2D eigenvalue weighted by Crippen LogP contribution is -2.44. The summed E-state index contributed by atoms with van der Waals surface area (Å²) >= 11 is 0. The molecule has 0 spiro atoms. The maximum Gasteiger partial charge on any atom is 0.104 e. The van der Waals surface area contributed by atoms with E-state index in [2.05, 4.69) is 29.3 Å². The Morgan fingerprint density at radius 1 is 1.35 bits per heavy atom. The Kier molecular flexibility index (Phi) is 4.33. The van der Waals surface area contributed by atoms with Gasteiger partial charge in [-0.05, 0) is 18.4 Å². The minimum Gasteiger partial charge on any atom is -0.382 e. The fourth-order valence-electron chi connectivity index (χ4n) is 2.85. The zero-order valence-corrected chi connectivity index (χ0v) is 12.0. The summed E-state index contributed by atoms with van der Waals surface area (Å²) in [6.45, 7) is 2.48. The van der Waals surface area contributed by atoms with Crippen molar-refractivity contribution in [2.75, 3.05) is 26.9 Å². The largest absolute Gasteiger partial charge is 0.382 e. The molecule has 2 aliphatic rings. The van der Waals surface area contributed by atoms with Crippen LogP contribution in [0.1, 0.15) is 18.4 Å². The highest BCUT2D eigenvalue weighted by molar-refractivity contribution is 5.94. The topological polar surface area (TPSA) is 34.1 Å². The van der Waals surface area contributed by atoms with E-state index >= 15 is 0 Å². The summed E-state index contributed by atoms with van der Waals surface area (Å²) in [6, 6.07) is 10.9. The first kappa shape index (κ1) is 13.6. The number of nitrogens with zero attached hydrogens (tertiary/aromatic N) is 2. The quantitative estimate of drug-likeness (QED) is 0.824. The first-order valence-electron chi connectivity index (χ1n) is 7.35. The molecule has 2 heterocycles. The zero-order chi connectivity index (χ0) is 13.8. The molecule has 4 heteroatoms. The molecule has 0 unspecified atom stereocenters. The lowest BCUT2D eigenvalue weighted by Gasteiger charge is -2.32. The van der Waals surface area contributed by atoms with Gasteiger partial charge in [-0.15, -0.1) is 0 Å². The number of methoxy groups -OCH3 is 1. The molecule has 1 aromatic rings. The first-order chi connectivity index (χ1) is 9.86. The molecule has 0 aliphatic carbocycles. The molecule has 0 aromatic heterocycles. The predicted molar refractivity (Wildman–Crippen MR) is 78.9 cm³/mol. The molecule has 4 nitrogen and oxygen atoms in total. The van der Waals surface area contributed by atoms with Gasteiger partial charge >= 0.3 is 0 Å². The number of rotatable bonds is 5. The second kappa shape index (κ2) is 6.37. The maximum atomic E-state index is 5.66. The van der Waals surface area contributed by atoms with Crippen molar-refractivity contribution in [2.24, 2.45) is 5.10 Å². The average molecular weight is 274 g/mol. The second-order valence-electron chi connectivity index (χ2n) is 5.50. The molecule has 20 heavy (non-hydrogen) atoms. The number of hydrogen-bond acceptors (Lipinski definition) is 4. The van der Waals surface area contributed by atoms with Gasteiger partial charge < -0.3 is 9.47 Å². The van der Waals surface area contributed by atoms with Crippen LogP contribution in [0.3, 0.4) is 0 Å². The third kappa shape index (κ3) is 3.02. The summed E-state index contributed by atoms with van der Waals surface area (Å²) in [5.74, 6) is 0. The summed E-state index contributed by atoms with van der Waals surface area (Å²) in [5.41, 5.74) is 2.48. The molecule has 2 aliphatic heterocycles. The normalized spacial score (nSPS) is 27.9. The van der Waals surface area contributed by atoms with E-state index in [-0.39, 0.29) is 6.10 Å². The molecule has 0 radical (unpaired) electrons. The van der Waals surface area contributed by atoms with E-state index in [0.29, 0.717) is 12.6 Å². The van der Waals surface area contributed by atoms with Crippen LogP contribution in [0.15, 0.2) is 35.4 Å². The average Bonchev–Trinajstić information content (AvgIpc) is 2.90. The van der Waals surface area contributed by atoms with Gasteiger partial charge in [0.2, 0.25) is 0 Å². The maximum absolute atomic E-state index is 5.66. The molecule has 2 fully saturated rings. The second-order valence-corrected chi connectivity index (χ2v) is 5.50. The molecule has 0 N–H and O–H groups in total. The smallest absolute Gasteiger partial charge is 0.104 e. The van der Waals surface area contributed by atoms with Gasteiger partial charge in [-0.3, -0.25) is 5.01 Å². The van der Waals surface area contributed by atoms with Gasteiger partial charge in [0, 0.05) is 20.1 Å². The van der Waals surface area contributed by atoms with E-state index in [1.54, 1.807) is 7.11 Å². The molecule has 108 valence electrons. The Morgan fingerprint density at radius 2 is 2.20 bits per heavy atom. The fourth-order valence-corrected chi connectivity index (χ4v) is 2.85. The monoisotopic (exact) mass is 274 g/mol.